The predicted molar refractivity (Wildman–Crippen MR) is 117 cm³/mol. The average Bonchev–Trinajstić information content (AvgIpc) is 3.10. The van der Waals surface area contributed by atoms with Crippen LogP contribution in [-0.2, 0) is 10.9 Å². The number of hydrogen-bond acceptors (Lipinski definition) is 4. The second-order valence-electron chi connectivity index (χ2n) is 7.23. The monoisotopic (exact) mass is 451 g/mol. The summed E-state index contributed by atoms with van der Waals surface area (Å²) in [6, 6.07) is 10.5. The van der Waals surface area contributed by atoms with Crippen molar-refractivity contribution < 1.29 is 27.4 Å². The van der Waals surface area contributed by atoms with Gasteiger partial charge in [-0.1, -0.05) is 26.0 Å². The zero-order valence-corrected chi connectivity index (χ0v) is 18.5. The Kier molecular flexibility index (Phi) is 6.89. The molecule has 3 rings (SSSR count). The largest absolute Gasteiger partial charge is 0.497 e. The Balaban J connectivity index is 2.23. The van der Waals surface area contributed by atoms with E-state index < -0.39 is 17.7 Å². The molecule has 1 heterocycles. The SMILES string of the molecule is CCOC(=O)c1[nH]c2ccc(OC)cc2c1[C@H](SC(C)C)c1ccc(C(F)(F)F)cc1. The van der Waals surface area contributed by atoms with Crippen LogP contribution >= 0.6 is 11.8 Å². The Bertz CT molecular complexity index is 1060. The highest BCUT2D eigenvalue weighted by Gasteiger charge is 2.32. The van der Waals surface area contributed by atoms with Gasteiger partial charge in [-0.15, -0.1) is 11.8 Å². The van der Waals surface area contributed by atoms with Gasteiger partial charge in [0.2, 0.25) is 0 Å². The minimum atomic E-state index is -4.41. The summed E-state index contributed by atoms with van der Waals surface area (Å²) in [7, 11) is 1.55. The number of esters is 1. The number of halogens is 3. The van der Waals surface area contributed by atoms with E-state index >= 15 is 0 Å². The Hall–Kier alpha value is -2.61. The van der Waals surface area contributed by atoms with Crippen molar-refractivity contribution in [3.05, 3.63) is 64.8 Å². The highest BCUT2D eigenvalue weighted by molar-refractivity contribution is 8.00. The molecule has 0 aliphatic rings. The van der Waals surface area contributed by atoms with Crippen molar-refractivity contribution in [1.82, 2.24) is 4.98 Å². The topological polar surface area (TPSA) is 51.3 Å². The number of methoxy groups -OCH3 is 1. The molecule has 4 nitrogen and oxygen atoms in total. The third kappa shape index (κ3) is 5.01. The number of alkyl halides is 3. The number of aromatic nitrogens is 1. The maximum atomic E-state index is 13.1. The molecule has 0 fully saturated rings. The van der Waals surface area contributed by atoms with Crippen LogP contribution in [0.5, 0.6) is 5.75 Å². The number of benzene rings is 2. The minimum Gasteiger partial charge on any atom is -0.497 e. The van der Waals surface area contributed by atoms with Gasteiger partial charge in [0.15, 0.2) is 0 Å². The van der Waals surface area contributed by atoms with E-state index in [1.54, 1.807) is 31.9 Å². The summed E-state index contributed by atoms with van der Waals surface area (Å²) in [5, 5.41) is 0.529. The van der Waals surface area contributed by atoms with E-state index in [1.165, 1.54) is 12.1 Å². The lowest BCUT2D eigenvalue weighted by molar-refractivity contribution is -0.137. The highest BCUT2D eigenvalue weighted by atomic mass is 32.2. The summed E-state index contributed by atoms with van der Waals surface area (Å²) in [5.74, 6) is 0.109. The average molecular weight is 452 g/mol. The fourth-order valence-corrected chi connectivity index (χ4v) is 4.63. The minimum absolute atomic E-state index is 0.151. The van der Waals surface area contributed by atoms with E-state index in [2.05, 4.69) is 4.98 Å². The summed E-state index contributed by atoms with van der Waals surface area (Å²) >= 11 is 1.55. The molecule has 8 heteroatoms. The van der Waals surface area contributed by atoms with Crippen LogP contribution in [-0.4, -0.2) is 29.9 Å². The first-order valence-electron chi connectivity index (χ1n) is 9.85. The summed E-state index contributed by atoms with van der Waals surface area (Å²) in [4.78, 5) is 15.9. The number of hydrogen-bond donors (Lipinski definition) is 1. The van der Waals surface area contributed by atoms with E-state index in [9.17, 15) is 18.0 Å². The van der Waals surface area contributed by atoms with Gasteiger partial charge >= 0.3 is 12.1 Å². The van der Waals surface area contributed by atoms with Crippen molar-refractivity contribution in [2.45, 2.75) is 37.4 Å². The van der Waals surface area contributed by atoms with Crippen molar-refractivity contribution in [2.75, 3.05) is 13.7 Å². The Morgan fingerprint density at radius 1 is 1.13 bits per heavy atom. The molecule has 0 aliphatic carbocycles. The maximum Gasteiger partial charge on any atom is 0.416 e. The van der Waals surface area contributed by atoms with Crippen LogP contribution in [0.2, 0.25) is 0 Å². The zero-order valence-electron chi connectivity index (χ0n) is 17.7. The van der Waals surface area contributed by atoms with Gasteiger partial charge in [0, 0.05) is 16.5 Å². The highest BCUT2D eigenvalue weighted by Crippen LogP contribution is 2.44. The number of H-pyrrole nitrogens is 1. The molecular formula is C23H24F3NO3S. The van der Waals surface area contributed by atoms with Gasteiger partial charge in [0.25, 0.3) is 0 Å². The molecule has 0 radical (unpaired) electrons. The fourth-order valence-electron chi connectivity index (χ4n) is 3.39. The van der Waals surface area contributed by atoms with E-state index in [-0.39, 0.29) is 17.1 Å². The van der Waals surface area contributed by atoms with E-state index in [4.69, 9.17) is 9.47 Å². The summed E-state index contributed by atoms with van der Waals surface area (Å²) < 4.78 is 49.8. The van der Waals surface area contributed by atoms with E-state index in [1.807, 2.05) is 26.0 Å². The van der Waals surface area contributed by atoms with Gasteiger partial charge in [0.05, 0.1) is 24.5 Å². The Morgan fingerprint density at radius 3 is 2.35 bits per heavy atom. The lowest BCUT2D eigenvalue weighted by Crippen LogP contribution is -2.11. The quantitative estimate of drug-likeness (QED) is 0.411. The molecule has 1 aromatic heterocycles. The van der Waals surface area contributed by atoms with Gasteiger partial charge in [-0.2, -0.15) is 13.2 Å². The normalized spacial score (nSPS) is 12.9. The third-order valence-corrected chi connectivity index (χ3v) is 6.06. The number of thioether (sulfide) groups is 1. The molecule has 0 amide bonds. The first-order chi connectivity index (χ1) is 14.7. The molecule has 3 aromatic rings. The second-order valence-corrected chi connectivity index (χ2v) is 8.92. The summed E-state index contributed by atoms with van der Waals surface area (Å²) in [6.07, 6.45) is -4.41. The van der Waals surface area contributed by atoms with E-state index in [0.717, 1.165) is 23.0 Å². The Morgan fingerprint density at radius 2 is 1.81 bits per heavy atom. The lowest BCUT2D eigenvalue weighted by atomic mass is 9.99. The lowest BCUT2D eigenvalue weighted by Gasteiger charge is -2.21. The van der Waals surface area contributed by atoms with E-state index in [0.29, 0.717) is 22.6 Å². The molecule has 2 aromatic carbocycles. The molecule has 0 saturated heterocycles. The molecule has 0 saturated carbocycles. The second kappa shape index (κ2) is 9.26. The van der Waals surface area contributed by atoms with Gasteiger partial charge in [-0.3, -0.25) is 0 Å². The van der Waals surface area contributed by atoms with Crippen molar-refractivity contribution in [2.24, 2.45) is 0 Å². The van der Waals surface area contributed by atoms with Crippen molar-refractivity contribution in [3.8, 4) is 5.75 Å². The molecule has 31 heavy (non-hydrogen) atoms. The predicted octanol–water partition coefficient (Wildman–Crippen LogP) is 6.60. The Labute approximate surface area is 183 Å². The number of rotatable bonds is 7. The van der Waals surface area contributed by atoms with Crippen molar-refractivity contribution in [1.29, 1.82) is 0 Å². The van der Waals surface area contributed by atoms with Crippen molar-refractivity contribution in [3.63, 3.8) is 0 Å². The van der Waals surface area contributed by atoms with Crippen LogP contribution in [0.3, 0.4) is 0 Å². The smallest absolute Gasteiger partial charge is 0.416 e. The number of ether oxygens (including phenoxy) is 2. The number of fused-ring (bicyclic) bond motifs is 1. The standard InChI is InChI=1S/C23H24F3NO3S/c1-5-30-22(28)20-19(17-12-16(29-4)10-11-18(17)27-20)21(31-13(2)3)14-6-8-15(9-7-14)23(24,25)26/h6-13,21,27H,5H2,1-4H3/t21-/m1/s1. The number of carbonyl (C=O) groups excluding carboxylic acids is 1. The van der Waals surface area contributed by atoms with Crippen LogP contribution in [0.1, 0.15) is 53.2 Å². The van der Waals surface area contributed by atoms with Crippen molar-refractivity contribution >= 4 is 28.6 Å². The molecule has 1 N–H and O–H groups in total. The van der Waals surface area contributed by atoms with Gasteiger partial charge < -0.3 is 14.5 Å². The number of carbonyl (C=O) groups is 1. The molecule has 1 atom stereocenters. The first kappa shape index (κ1) is 23.1. The van der Waals surface area contributed by atoms with Crippen LogP contribution < -0.4 is 4.74 Å². The van der Waals surface area contributed by atoms with Crippen LogP contribution in [0.4, 0.5) is 13.2 Å². The van der Waals surface area contributed by atoms with Crippen LogP contribution in [0, 0.1) is 0 Å². The maximum absolute atomic E-state index is 13.1. The van der Waals surface area contributed by atoms with Crippen LogP contribution in [0.25, 0.3) is 10.9 Å². The first-order valence-corrected chi connectivity index (χ1v) is 10.8. The molecule has 0 bridgehead atoms. The van der Waals surface area contributed by atoms with Gasteiger partial charge in [0.1, 0.15) is 11.4 Å². The molecule has 0 aliphatic heterocycles. The number of aromatic amines is 1. The van der Waals surface area contributed by atoms with Crippen LogP contribution in [0.15, 0.2) is 42.5 Å². The number of nitrogens with one attached hydrogen (secondary N) is 1. The van der Waals surface area contributed by atoms with Gasteiger partial charge in [-0.05, 0) is 48.1 Å². The summed E-state index contributed by atoms with van der Waals surface area (Å²) in [5.41, 5.74) is 1.64. The molecule has 0 unspecified atom stereocenters. The zero-order chi connectivity index (χ0) is 22.8. The van der Waals surface area contributed by atoms with Gasteiger partial charge in [-0.25, -0.2) is 4.79 Å². The third-order valence-electron chi connectivity index (χ3n) is 4.74. The molecule has 0 spiro atoms. The fraction of sp³-hybridized carbons (Fsp3) is 0.348. The molecular weight excluding hydrogens is 427 g/mol. The summed E-state index contributed by atoms with van der Waals surface area (Å²) in [6.45, 7) is 5.93. The molecule has 166 valence electrons.